The summed E-state index contributed by atoms with van der Waals surface area (Å²) in [5, 5.41) is 0. The van der Waals surface area contributed by atoms with Crippen LogP contribution in [-0.4, -0.2) is 19.6 Å². The van der Waals surface area contributed by atoms with E-state index < -0.39 is 8.03 Å². The molecule has 0 radical (unpaired) electrons. The first-order valence-corrected chi connectivity index (χ1v) is 3.41. The zero-order valence-corrected chi connectivity index (χ0v) is 4.69. The van der Waals surface area contributed by atoms with Gasteiger partial charge in [0.25, 0.3) is 6.35 Å². The van der Waals surface area contributed by atoms with Gasteiger partial charge in [0.05, 0.1) is 6.61 Å². The number of rotatable bonds is 0. The minimum atomic E-state index is -1.46. The van der Waals surface area contributed by atoms with Crippen LogP contribution in [0.25, 0.3) is 0 Å². The first-order chi connectivity index (χ1) is 3.39. The zero-order chi connectivity index (χ0) is 5.11. The first kappa shape index (κ1) is 5.16. The molecule has 1 saturated heterocycles. The van der Waals surface area contributed by atoms with Crippen LogP contribution in [0.1, 0.15) is 0 Å². The molecule has 1 aliphatic heterocycles. The van der Waals surface area contributed by atoms with Gasteiger partial charge < -0.3 is 4.74 Å². The fraction of sp³-hybridized carbons (Fsp3) is 1.00. The van der Waals surface area contributed by atoms with Crippen LogP contribution < -0.4 is 0 Å². The predicted octanol–water partition coefficient (Wildman–Crippen LogP) is 0.733. The topological polar surface area (TPSA) is 35.5 Å². The Morgan fingerprint density at radius 3 is 2.57 bits per heavy atom. The van der Waals surface area contributed by atoms with Crippen molar-refractivity contribution in [2.75, 3.05) is 19.6 Å². The third-order valence-electron chi connectivity index (χ3n) is 0.660. The summed E-state index contributed by atoms with van der Waals surface area (Å²) in [5.74, 6) is 0. The van der Waals surface area contributed by atoms with Gasteiger partial charge in [-0.05, 0) is 4.57 Å². The van der Waals surface area contributed by atoms with Crippen molar-refractivity contribution in [1.82, 2.24) is 0 Å². The van der Waals surface area contributed by atoms with E-state index >= 15 is 0 Å². The molecule has 0 spiro atoms. The van der Waals surface area contributed by atoms with Crippen molar-refractivity contribution in [2.45, 2.75) is 0 Å². The van der Waals surface area contributed by atoms with Crippen molar-refractivity contribution in [3.63, 3.8) is 0 Å². The van der Waals surface area contributed by atoms with E-state index in [4.69, 9.17) is 4.74 Å². The molecule has 0 saturated carbocycles. The highest BCUT2D eigenvalue weighted by molar-refractivity contribution is 7.38. The molecule has 7 heavy (non-hydrogen) atoms. The lowest BCUT2D eigenvalue weighted by molar-refractivity contribution is 0.0984. The molecule has 1 unspecified atom stereocenters. The number of hydrogen-bond acceptors (Lipinski definition) is 3. The van der Waals surface area contributed by atoms with Crippen LogP contribution in [0.2, 0.25) is 0 Å². The van der Waals surface area contributed by atoms with Gasteiger partial charge in [-0.3, -0.25) is 0 Å². The van der Waals surface area contributed by atoms with Gasteiger partial charge in [-0.25, -0.2) is 0 Å². The molecule has 40 valence electrons. The second-order valence-corrected chi connectivity index (χ2v) is 2.39. The second kappa shape index (κ2) is 2.36. The van der Waals surface area contributed by atoms with Crippen molar-refractivity contribution in [3.8, 4) is 0 Å². The normalized spacial score (nSPS) is 27.7. The molecule has 0 aliphatic carbocycles. The van der Waals surface area contributed by atoms with Crippen LogP contribution >= 0.6 is 8.03 Å². The molecule has 1 atom stereocenters. The van der Waals surface area contributed by atoms with Gasteiger partial charge >= 0.3 is 8.03 Å². The van der Waals surface area contributed by atoms with E-state index in [9.17, 15) is 4.57 Å². The van der Waals surface area contributed by atoms with E-state index in [-0.39, 0.29) is 6.35 Å². The Bertz CT molecular complexity index is 74.2. The van der Waals surface area contributed by atoms with Crippen molar-refractivity contribution >= 4 is 8.03 Å². The Hall–Kier alpha value is 0.0200. The minimum absolute atomic E-state index is 0.273. The maximum atomic E-state index is 10.3. The lowest BCUT2D eigenvalue weighted by atomic mass is 10.8. The minimum Gasteiger partial charge on any atom is -0.332 e. The summed E-state index contributed by atoms with van der Waals surface area (Å²) in [6.07, 6.45) is 0.273. The van der Waals surface area contributed by atoms with E-state index in [1.807, 2.05) is 0 Å². The van der Waals surface area contributed by atoms with E-state index in [0.717, 1.165) is 0 Å². The van der Waals surface area contributed by atoms with Crippen LogP contribution in [0.3, 0.4) is 0 Å². The van der Waals surface area contributed by atoms with E-state index in [1.165, 1.54) is 0 Å². The van der Waals surface area contributed by atoms with Crippen molar-refractivity contribution < 1.29 is 13.8 Å². The predicted molar refractivity (Wildman–Crippen MR) is 24.4 cm³/mol. The fourth-order valence-electron chi connectivity index (χ4n) is 0.374. The molecule has 1 rings (SSSR count). The molecule has 1 aliphatic rings. The number of ether oxygens (including phenoxy) is 1. The van der Waals surface area contributed by atoms with E-state index in [1.54, 1.807) is 0 Å². The molecule has 4 heteroatoms. The zero-order valence-electron chi connectivity index (χ0n) is 3.79. The maximum absolute atomic E-state index is 10.3. The molecular weight excluding hydrogens is 115 g/mol. The molecule has 0 bridgehead atoms. The third-order valence-corrected chi connectivity index (χ3v) is 1.52. The molecule has 1 fully saturated rings. The van der Waals surface area contributed by atoms with Gasteiger partial charge in [-0.2, -0.15) is 0 Å². The van der Waals surface area contributed by atoms with Crippen LogP contribution in [0.5, 0.6) is 0 Å². The highest BCUT2D eigenvalue weighted by Crippen LogP contribution is 2.24. The molecule has 0 N–H and O–H groups in total. The molecule has 3 nitrogen and oxygen atoms in total. The smallest absolute Gasteiger partial charge is 0.332 e. The Labute approximate surface area is 42.5 Å². The van der Waals surface area contributed by atoms with Gasteiger partial charge in [0, 0.05) is 0 Å². The quantitative estimate of drug-likeness (QED) is 0.443. The SMILES string of the molecule is O=[P+]1COCCO1. The van der Waals surface area contributed by atoms with Crippen molar-refractivity contribution in [2.24, 2.45) is 0 Å². The molecule has 0 aromatic rings. The van der Waals surface area contributed by atoms with Gasteiger partial charge in [-0.15, -0.1) is 4.52 Å². The van der Waals surface area contributed by atoms with Gasteiger partial charge in [0.2, 0.25) is 0 Å². The lowest BCUT2D eigenvalue weighted by Gasteiger charge is -1.97. The fourth-order valence-corrected chi connectivity index (χ4v) is 1.01. The van der Waals surface area contributed by atoms with Gasteiger partial charge in [0.15, 0.2) is 0 Å². The number of hydrogen-bond donors (Lipinski definition) is 0. The Balaban J connectivity index is 2.25. The van der Waals surface area contributed by atoms with Gasteiger partial charge in [-0.1, -0.05) is 0 Å². The van der Waals surface area contributed by atoms with Crippen molar-refractivity contribution in [1.29, 1.82) is 0 Å². The molecule has 0 aromatic heterocycles. The third kappa shape index (κ3) is 1.51. The highest BCUT2D eigenvalue weighted by Gasteiger charge is 2.21. The Kier molecular flexibility index (Phi) is 1.74. The summed E-state index contributed by atoms with van der Waals surface area (Å²) in [4.78, 5) is 0. The molecule has 1 heterocycles. The largest absolute Gasteiger partial charge is 0.537 e. The average molecular weight is 121 g/mol. The summed E-state index contributed by atoms with van der Waals surface area (Å²) >= 11 is 0. The van der Waals surface area contributed by atoms with Crippen LogP contribution in [-0.2, 0) is 13.8 Å². The lowest BCUT2D eigenvalue weighted by Crippen LogP contribution is -2.06. The molecular formula is C3H6O3P+. The Morgan fingerprint density at radius 1 is 1.43 bits per heavy atom. The standard InChI is InChI=1S/C3H6O3P/c4-7-3-5-1-2-6-7/h1-3H2/q+1. The molecule has 0 amide bonds. The van der Waals surface area contributed by atoms with Crippen LogP contribution in [0.15, 0.2) is 0 Å². The summed E-state index contributed by atoms with van der Waals surface area (Å²) in [7, 11) is -1.46. The highest BCUT2D eigenvalue weighted by atomic mass is 31.1. The molecule has 0 aromatic carbocycles. The van der Waals surface area contributed by atoms with Crippen molar-refractivity contribution in [3.05, 3.63) is 0 Å². The maximum Gasteiger partial charge on any atom is 0.537 e. The summed E-state index contributed by atoms with van der Waals surface area (Å²) in [6.45, 7) is 1.07. The van der Waals surface area contributed by atoms with E-state index in [2.05, 4.69) is 4.52 Å². The van der Waals surface area contributed by atoms with E-state index in [0.29, 0.717) is 13.2 Å². The summed E-state index contributed by atoms with van der Waals surface area (Å²) in [6, 6.07) is 0. The first-order valence-electron chi connectivity index (χ1n) is 2.05. The van der Waals surface area contributed by atoms with Gasteiger partial charge in [0.1, 0.15) is 6.61 Å². The summed E-state index contributed by atoms with van der Waals surface area (Å²) in [5.41, 5.74) is 0. The average Bonchev–Trinajstić information content (AvgIpc) is 1.69. The van der Waals surface area contributed by atoms with Crippen LogP contribution in [0.4, 0.5) is 0 Å². The Morgan fingerprint density at radius 2 is 2.29 bits per heavy atom. The monoisotopic (exact) mass is 121 g/mol. The summed E-state index contributed by atoms with van der Waals surface area (Å²) < 4.78 is 19.7. The van der Waals surface area contributed by atoms with Crippen LogP contribution in [0, 0.1) is 0 Å². The second-order valence-electron chi connectivity index (χ2n) is 1.20.